The maximum Gasteiger partial charge on any atom is -0.0182 e. The van der Waals surface area contributed by atoms with Gasteiger partial charge in [-0.2, -0.15) is 0 Å². The second-order valence-corrected chi connectivity index (χ2v) is 5.12. The van der Waals surface area contributed by atoms with Gasteiger partial charge in [0.05, 0.1) is 0 Å². The summed E-state index contributed by atoms with van der Waals surface area (Å²) in [6, 6.07) is 0. The minimum atomic E-state index is 0.528. The first-order chi connectivity index (χ1) is 7.14. The molecule has 0 aromatic carbocycles. The normalized spacial score (nSPS) is 15.6. The number of unbranched alkanes of at least 4 members (excludes halogenated alkanes) is 1. The molecule has 0 aromatic heterocycles. The van der Waals surface area contributed by atoms with Crippen LogP contribution in [0, 0.1) is 11.3 Å². The lowest BCUT2D eigenvalue weighted by molar-refractivity contribution is 0.268. The van der Waals surface area contributed by atoms with Crippen LogP contribution in [0.15, 0.2) is 0 Å². The van der Waals surface area contributed by atoms with Crippen molar-refractivity contribution >= 4 is 0 Å². The minimum absolute atomic E-state index is 0.528. The standard InChI is InChI=1S/C15H31/c1-6-10-12-14(11-7-2)15(5,9-4)13-8-3/h6-13H2,1-5H3. The van der Waals surface area contributed by atoms with Crippen molar-refractivity contribution in [3.63, 3.8) is 0 Å². The summed E-state index contributed by atoms with van der Waals surface area (Å²) in [6.07, 6.45) is 10.8. The Kier molecular flexibility index (Phi) is 8.19. The third-order valence-electron chi connectivity index (χ3n) is 3.82. The van der Waals surface area contributed by atoms with Gasteiger partial charge in [-0.05, 0) is 30.6 Å². The van der Waals surface area contributed by atoms with Gasteiger partial charge in [0.25, 0.3) is 0 Å². The average molecular weight is 211 g/mol. The fourth-order valence-electron chi connectivity index (χ4n) is 2.58. The van der Waals surface area contributed by atoms with Gasteiger partial charge in [-0.3, -0.25) is 0 Å². The van der Waals surface area contributed by atoms with Crippen LogP contribution in [0.4, 0.5) is 0 Å². The van der Waals surface area contributed by atoms with Gasteiger partial charge in [-0.25, -0.2) is 0 Å². The third-order valence-corrected chi connectivity index (χ3v) is 3.82. The summed E-state index contributed by atoms with van der Waals surface area (Å²) in [6.45, 7) is 11.8. The molecule has 0 aliphatic heterocycles. The molecular weight excluding hydrogens is 180 g/mol. The second kappa shape index (κ2) is 8.19. The summed E-state index contributed by atoms with van der Waals surface area (Å²) in [5, 5.41) is 0. The lowest BCUT2D eigenvalue weighted by Crippen LogP contribution is -2.25. The Hall–Kier alpha value is 0. The zero-order valence-corrected chi connectivity index (χ0v) is 11.7. The maximum atomic E-state index is 2.48. The van der Waals surface area contributed by atoms with Gasteiger partial charge in [0.1, 0.15) is 0 Å². The first kappa shape index (κ1) is 15.0. The zero-order valence-electron chi connectivity index (χ0n) is 11.7. The Morgan fingerprint density at radius 1 is 0.867 bits per heavy atom. The van der Waals surface area contributed by atoms with Crippen molar-refractivity contribution in [2.45, 2.75) is 86.0 Å². The fourth-order valence-corrected chi connectivity index (χ4v) is 2.58. The molecule has 0 aliphatic carbocycles. The molecule has 0 spiro atoms. The van der Waals surface area contributed by atoms with Crippen molar-refractivity contribution in [3.05, 3.63) is 5.92 Å². The Labute approximate surface area is 97.8 Å². The van der Waals surface area contributed by atoms with Gasteiger partial charge in [-0.1, -0.05) is 66.7 Å². The molecule has 0 aliphatic rings. The molecule has 1 unspecified atom stereocenters. The second-order valence-electron chi connectivity index (χ2n) is 5.12. The van der Waals surface area contributed by atoms with Crippen LogP contribution in [0.1, 0.15) is 86.0 Å². The molecule has 0 rings (SSSR count). The summed E-state index contributed by atoms with van der Waals surface area (Å²) >= 11 is 0. The quantitative estimate of drug-likeness (QED) is 0.454. The fraction of sp³-hybridized carbons (Fsp3) is 0.933. The largest absolute Gasteiger partial charge is 0.0654 e. The number of hydrogen-bond donors (Lipinski definition) is 0. The molecule has 0 aromatic rings. The SMILES string of the molecule is CCCC[C](CCC)C(C)(CC)CCC. The third kappa shape index (κ3) is 5.04. The summed E-state index contributed by atoms with van der Waals surface area (Å²) < 4.78 is 0. The van der Waals surface area contributed by atoms with E-state index >= 15 is 0 Å². The van der Waals surface area contributed by atoms with Crippen molar-refractivity contribution in [2.24, 2.45) is 5.41 Å². The lowest BCUT2D eigenvalue weighted by Gasteiger charge is -2.37. The first-order valence-electron chi connectivity index (χ1n) is 6.99. The molecule has 91 valence electrons. The van der Waals surface area contributed by atoms with E-state index in [1.54, 1.807) is 0 Å². The van der Waals surface area contributed by atoms with Crippen molar-refractivity contribution in [1.29, 1.82) is 0 Å². The Morgan fingerprint density at radius 3 is 1.93 bits per heavy atom. The summed E-state index contributed by atoms with van der Waals surface area (Å²) in [5.74, 6) is 1.84. The highest BCUT2D eigenvalue weighted by atomic mass is 14.3. The molecule has 0 fully saturated rings. The molecule has 0 saturated heterocycles. The molecule has 1 radical (unpaired) electrons. The lowest BCUT2D eigenvalue weighted by atomic mass is 9.68. The topological polar surface area (TPSA) is 0 Å². The van der Waals surface area contributed by atoms with Gasteiger partial charge >= 0.3 is 0 Å². The monoisotopic (exact) mass is 211 g/mol. The molecule has 0 nitrogen and oxygen atoms in total. The molecule has 0 amide bonds. The first-order valence-corrected chi connectivity index (χ1v) is 6.99. The van der Waals surface area contributed by atoms with E-state index in [1.165, 1.54) is 51.4 Å². The van der Waals surface area contributed by atoms with Crippen molar-refractivity contribution < 1.29 is 0 Å². The predicted octanol–water partition coefficient (Wildman–Crippen LogP) is 5.77. The molecule has 0 heterocycles. The van der Waals surface area contributed by atoms with E-state index in [-0.39, 0.29) is 0 Å². The van der Waals surface area contributed by atoms with E-state index in [1.807, 2.05) is 5.92 Å². The molecule has 1 atom stereocenters. The predicted molar refractivity (Wildman–Crippen MR) is 71.0 cm³/mol. The van der Waals surface area contributed by atoms with Crippen LogP contribution in [0.25, 0.3) is 0 Å². The van der Waals surface area contributed by atoms with Crippen LogP contribution >= 0.6 is 0 Å². The Bertz CT molecular complexity index is 139. The average Bonchev–Trinajstić information content (AvgIpc) is 2.24. The van der Waals surface area contributed by atoms with E-state index in [2.05, 4.69) is 34.6 Å². The van der Waals surface area contributed by atoms with E-state index in [0.717, 1.165) is 0 Å². The van der Waals surface area contributed by atoms with Crippen LogP contribution < -0.4 is 0 Å². The zero-order chi connectivity index (χ0) is 11.7. The number of hydrogen-bond acceptors (Lipinski definition) is 0. The highest BCUT2D eigenvalue weighted by molar-refractivity contribution is 5.03. The summed E-state index contributed by atoms with van der Waals surface area (Å²) in [4.78, 5) is 0. The molecule has 0 N–H and O–H groups in total. The molecular formula is C15H31. The highest BCUT2D eigenvalue weighted by Gasteiger charge is 2.30. The van der Waals surface area contributed by atoms with Gasteiger partial charge in [-0.15, -0.1) is 0 Å². The summed E-state index contributed by atoms with van der Waals surface area (Å²) in [7, 11) is 0. The molecule has 0 saturated carbocycles. The van der Waals surface area contributed by atoms with Crippen molar-refractivity contribution in [1.82, 2.24) is 0 Å². The Balaban J connectivity index is 4.37. The van der Waals surface area contributed by atoms with Gasteiger partial charge in [0.15, 0.2) is 0 Å². The van der Waals surface area contributed by atoms with E-state index < -0.39 is 0 Å². The Morgan fingerprint density at radius 2 is 1.53 bits per heavy atom. The van der Waals surface area contributed by atoms with Gasteiger partial charge in [0.2, 0.25) is 0 Å². The van der Waals surface area contributed by atoms with Crippen LogP contribution in [0.3, 0.4) is 0 Å². The molecule has 0 heteroatoms. The van der Waals surface area contributed by atoms with Crippen molar-refractivity contribution in [3.8, 4) is 0 Å². The van der Waals surface area contributed by atoms with E-state index in [4.69, 9.17) is 0 Å². The molecule has 15 heavy (non-hydrogen) atoms. The molecule has 0 bridgehead atoms. The van der Waals surface area contributed by atoms with E-state index in [9.17, 15) is 0 Å². The van der Waals surface area contributed by atoms with Gasteiger partial charge in [0, 0.05) is 0 Å². The van der Waals surface area contributed by atoms with Crippen LogP contribution in [-0.4, -0.2) is 0 Å². The maximum absolute atomic E-state index is 2.48. The van der Waals surface area contributed by atoms with Crippen LogP contribution in [-0.2, 0) is 0 Å². The summed E-state index contributed by atoms with van der Waals surface area (Å²) in [5.41, 5.74) is 0.528. The van der Waals surface area contributed by atoms with Crippen LogP contribution in [0.5, 0.6) is 0 Å². The highest BCUT2D eigenvalue weighted by Crippen LogP contribution is 2.43. The minimum Gasteiger partial charge on any atom is -0.0654 e. The van der Waals surface area contributed by atoms with E-state index in [0.29, 0.717) is 5.41 Å². The van der Waals surface area contributed by atoms with Crippen LogP contribution in [0.2, 0.25) is 0 Å². The number of rotatable bonds is 9. The van der Waals surface area contributed by atoms with Gasteiger partial charge < -0.3 is 0 Å². The smallest absolute Gasteiger partial charge is 0.0182 e. The van der Waals surface area contributed by atoms with Crippen molar-refractivity contribution in [2.75, 3.05) is 0 Å².